The normalized spacial score (nSPS) is 15.5. The summed E-state index contributed by atoms with van der Waals surface area (Å²) in [5, 5.41) is 0. The fraction of sp³-hybridized carbons (Fsp3) is 0.854. The average Bonchev–Trinajstić information content (AvgIpc) is 3.12. The Balaban J connectivity index is 1.79. The first-order valence-electron chi connectivity index (χ1n) is 23.0. The zero-order valence-corrected chi connectivity index (χ0v) is 34.2. The van der Waals surface area contributed by atoms with Gasteiger partial charge in [-0.25, -0.2) is 0 Å². The molecule has 0 bridgehead atoms. The molecule has 1 atom stereocenters. The molecule has 0 spiro atoms. The van der Waals surface area contributed by atoms with Gasteiger partial charge >= 0.3 is 5.97 Å². The Bertz CT molecular complexity index is 792. The van der Waals surface area contributed by atoms with E-state index in [1.807, 2.05) is 0 Å². The third kappa shape index (κ3) is 31.4. The lowest BCUT2D eigenvalue weighted by molar-refractivity contribution is -0.157. The van der Waals surface area contributed by atoms with Crippen molar-refractivity contribution in [2.75, 3.05) is 0 Å². The number of unbranched alkanes of at least 4 members (excludes halogenated alkanes) is 33. The van der Waals surface area contributed by atoms with Crippen molar-refractivity contribution in [2.24, 2.45) is 5.92 Å². The number of ether oxygens (including phenoxy) is 1. The molecule has 0 aromatic carbocycles. The van der Waals surface area contributed by atoms with Crippen LogP contribution >= 0.6 is 0 Å². The van der Waals surface area contributed by atoms with Crippen LogP contribution in [0.3, 0.4) is 0 Å². The monoisotopic (exact) mass is 697 g/mol. The molecule has 1 unspecified atom stereocenters. The van der Waals surface area contributed by atoms with E-state index in [0.29, 0.717) is 0 Å². The van der Waals surface area contributed by atoms with Crippen LogP contribution in [0.15, 0.2) is 36.1 Å². The fourth-order valence-electron chi connectivity index (χ4n) is 7.54. The van der Waals surface area contributed by atoms with Gasteiger partial charge in [0.2, 0.25) is 0 Å². The second-order valence-electron chi connectivity index (χ2n) is 15.8. The van der Waals surface area contributed by atoms with E-state index in [1.54, 1.807) is 0 Å². The third-order valence-electron chi connectivity index (χ3n) is 10.9. The predicted molar refractivity (Wildman–Crippen MR) is 223 cm³/mol. The van der Waals surface area contributed by atoms with E-state index in [4.69, 9.17) is 4.74 Å². The lowest BCUT2D eigenvalue weighted by Crippen LogP contribution is -2.32. The predicted octanol–water partition coefficient (Wildman–Crippen LogP) is 17.0. The van der Waals surface area contributed by atoms with Crippen molar-refractivity contribution in [3.63, 3.8) is 0 Å². The van der Waals surface area contributed by atoms with E-state index < -0.39 is 0 Å². The number of carbonyl (C=O) groups is 1. The lowest BCUT2D eigenvalue weighted by Gasteiger charge is -2.28. The highest BCUT2D eigenvalue weighted by molar-refractivity contribution is 5.82. The third-order valence-corrected chi connectivity index (χ3v) is 10.9. The van der Waals surface area contributed by atoms with Crippen LogP contribution in [0.2, 0.25) is 0 Å². The Morgan fingerprint density at radius 2 is 0.660 bits per heavy atom. The molecule has 2 nitrogen and oxygen atoms in total. The summed E-state index contributed by atoms with van der Waals surface area (Å²) in [5.74, 6) is 1.08. The average molecular weight is 697 g/mol. The standard InChI is InChI=1S/C48H88O2/c1-3-5-7-9-11-13-15-17-19-21-23-25-27-29-31-33-35-37-39-41-43-45-47-46(48(49)50-47)44-42-40-38-36-34-32-30-28-26-24-22-20-18-16-14-12-10-8-6-4-2/h5-8,45-46H,3-4,9-44H2,1-2H3/b7-5+,8-6+,47-45+. The van der Waals surface area contributed by atoms with Gasteiger partial charge in [0.05, 0.1) is 0 Å². The summed E-state index contributed by atoms with van der Waals surface area (Å²) in [6.07, 6.45) is 63.2. The highest BCUT2D eigenvalue weighted by Gasteiger charge is 2.36. The van der Waals surface area contributed by atoms with Crippen LogP contribution in [0.1, 0.15) is 258 Å². The molecule has 1 aliphatic rings. The van der Waals surface area contributed by atoms with Crippen molar-refractivity contribution in [1.82, 2.24) is 0 Å². The van der Waals surface area contributed by atoms with Crippen LogP contribution in [0.5, 0.6) is 0 Å². The highest BCUT2D eigenvalue weighted by atomic mass is 16.6. The molecule has 2 heteroatoms. The molecule has 1 heterocycles. The van der Waals surface area contributed by atoms with Crippen molar-refractivity contribution in [3.05, 3.63) is 36.1 Å². The first kappa shape index (κ1) is 46.7. The maximum absolute atomic E-state index is 12.0. The Morgan fingerprint density at radius 3 is 0.960 bits per heavy atom. The van der Waals surface area contributed by atoms with Crippen molar-refractivity contribution in [3.8, 4) is 0 Å². The van der Waals surface area contributed by atoms with Crippen LogP contribution in [0.4, 0.5) is 0 Å². The fourth-order valence-corrected chi connectivity index (χ4v) is 7.54. The van der Waals surface area contributed by atoms with Gasteiger partial charge in [-0.1, -0.05) is 224 Å². The van der Waals surface area contributed by atoms with Gasteiger partial charge in [-0.05, 0) is 63.9 Å². The van der Waals surface area contributed by atoms with Gasteiger partial charge in [-0.2, -0.15) is 0 Å². The van der Waals surface area contributed by atoms with Crippen LogP contribution in [0, 0.1) is 5.92 Å². The number of hydrogen-bond acceptors (Lipinski definition) is 2. The second kappa shape index (κ2) is 38.9. The van der Waals surface area contributed by atoms with Gasteiger partial charge in [0.1, 0.15) is 11.7 Å². The smallest absolute Gasteiger partial charge is 0.321 e. The van der Waals surface area contributed by atoms with Crippen molar-refractivity contribution in [1.29, 1.82) is 0 Å². The summed E-state index contributed by atoms with van der Waals surface area (Å²) >= 11 is 0. The Morgan fingerprint density at radius 1 is 0.380 bits per heavy atom. The minimum absolute atomic E-state index is 0.0215. The number of carbonyl (C=O) groups excluding carboxylic acids is 1. The van der Waals surface area contributed by atoms with Crippen molar-refractivity contribution >= 4 is 5.97 Å². The zero-order valence-electron chi connectivity index (χ0n) is 34.2. The topological polar surface area (TPSA) is 26.3 Å². The van der Waals surface area contributed by atoms with Crippen LogP contribution in [-0.4, -0.2) is 5.97 Å². The van der Waals surface area contributed by atoms with Gasteiger partial charge < -0.3 is 4.74 Å². The van der Waals surface area contributed by atoms with Gasteiger partial charge in [0.25, 0.3) is 0 Å². The molecule has 292 valence electrons. The molecule has 0 aromatic heterocycles. The molecule has 0 aromatic rings. The van der Waals surface area contributed by atoms with Crippen LogP contribution < -0.4 is 0 Å². The lowest BCUT2D eigenvalue weighted by atomic mass is 9.93. The minimum Gasteiger partial charge on any atom is -0.430 e. The van der Waals surface area contributed by atoms with Gasteiger partial charge in [-0.15, -0.1) is 0 Å². The first-order valence-corrected chi connectivity index (χ1v) is 23.0. The number of hydrogen-bond donors (Lipinski definition) is 0. The number of cyclic esters (lactones) is 1. The first-order chi connectivity index (χ1) is 24.8. The summed E-state index contributed by atoms with van der Waals surface area (Å²) in [5.41, 5.74) is 0. The molecule has 0 saturated carbocycles. The van der Waals surface area contributed by atoms with Crippen LogP contribution in [-0.2, 0) is 9.53 Å². The largest absolute Gasteiger partial charge is 0.430 e. The molecule has 1 aliphatic heterocycles. The minimum atomic E-state index is 0.0215. The summed E-state index contributed by atoms with van der Waals surface area (Å²) < 4.78 is 5.41. The molecule has 1 fully saturated rings. The highest BCUT2D eigenvalue weighted by Crippen LogP contribution is 2.32. The molecule has 50 heavy (non-hydrogen) atoms. The summed E-state index contributed by atoms with van der Waals surface area (Å²) in [6, 6.07) is 0. The number of esters is 1. The molecule has 1 saturated heterocycles. The van der Waals surface area contributed by atoms with E-state index >= 15 is 0 Å². The quantitative estimate of drug-likeness (QED) is 0.0362. The Hall–Kier alpha value is -1.31. The molecule has 0 N–H and O–H groups in total. The maximum Gasteiger partial charge on any atom is 0.321 e. The van der Waals surface area contributed by atoms with E-state index in [-0.39, 0.29) is 11.9 Å². The summed E-state index contributed by atoms with van der Waals surface area (Å²) in [6.45, 7) is 4.43. The van der Waals surface area contributed by atoms with E-state index in [0.717, 1.165) is 18.6 Å². The van der Waals surface area contributed by atoms with E-state index in [9.17, 15) is 4.79 Å². The molecular weight excluding hydrogens is 609 g/mol. The van der Waals surface area contributed by atoms with E-state index in [1.165, 1.54) is 231 Å². The molecular formula is C48H88O2. The second-order valence-corrected chi connectivity index (χ2v) is 15.8. The molecule has 0 radical (unpaired) electrons. The van der Waals surface area contributed by atoms with Gasteiger partial charge in [0.15, 0.2) is 0 Å². The number of allylic oxidation sites excluding steroid dienone is 5. The van der Waals surface area contributed by atoms with Gasteiger partial charge in [0, 0.05) is 0 Å². The van der Waals surface area contributed by atoms with E-state index in [2.05, 4.69) is 44.2 Å². The van der Waals surface area contributed by atoms with Crippen LogP contribution in [0.25, 0.3) is 0 Å². The summed E-state index contributed by atoms with van der Waals surface area (Å²) in [7, 11) is 0. The zero-order chi connectivity index (χ0) is 35.8. The summed E-state index contributed by atoms with van der Waals surface area (Å²) in [4.78, 5) is 12.0. The van der Waals surface area contributed by atoms with Crippen molar-refractivity contribution < 1.29 is 9.53 Å². The molecule has 0 amide bonds. The van der Waals surface area contributed by atoms with Crippen molar-refractivity contribution in [2.45, 2.75) is 258 Å². The molecule has 0 aliphatic carbocycles. The Labute approximate surface area is 314 Å². The molecule has 1 rings (SSSR count). The number of rotatable bonds is 40. The van der Waals surface area contributed by atoms with Gasteiger partial charge in [-0.3, -0.25) is 4.79 Å². The SMILES string of the molecule is CC/C=C/CCCCCCCCCCCCCCCCCC/C=C1/OC(=O)C1CCCCCCCCCCCCCCCCCC/C=C/CC. The Kier molecular flexibility index (Phi) is 36.4. The maximum atomic E-state index is 12.0.